The van der Waals surface area contributed by atoms with Crippen LogP contribution in [0.1, 0.15) is 25.3 Å². The quantitative estimate of drug-likeness (QED) is 0.728. The van der Waals surface area contributed by atoms with Gasteiger partial charge in [0.1, 0.15) is 0 Å². The van der Waals surface area contributed by atoms with E-state index in [4.69, 9.17) is 0 Å². The smallest absolute Gasteiger partial charge is 0.171 e. The van der Waals surface area contributed by atoms with Gasteiger partial charge >= 0.3 is 0 Å². The van der Waals surface area contributed by atoms with Gasteiger partial charge in [-0.25, -0.2) is 9.89 Å². The van der Waals surface area contributed by atoms with E-state index in [-0.39, 0.29) is 5.69 Å². The van der Waals surface area contributed by atoms with E-state index in [9.17, 15) is 10.4 Å². The molecule has 1 aromatic heterocycles. The van der Waals surface area contributed by atoms with Crippen LogP contribution in [0.3, 0.4) is 0 Å². The lowest BCUT2D eigenvalue weighted by Crippen LogP contribution is -2.99. The van der Waals surface area contributed by atoms with Crippen LogP contribution in [-0.2, 0) is 0 Å². The molecule has 2 N–H and O–H groups in total. The highest BCUT2D eigenvalue weighted by Gasteiger charge is 2.12. The first-order chi connectivity index (χ1) is 11.1. The Bertz CT molecular complexity index is 792. The third kappa shape index (κ3) is 3.17. The van der Waals surface area contributed by atoms with Gasteiger partial charge in [-0.1, -0.05) is 38.1 Å². The average Bonchev–Trinajstić information content (AvgIpc) is 3.04. The van der Waals surface area contributed by atoms with Gasteiger partial charge in [0.15, 0.2) is 5.69 Å². The molecule has 0 amide bonds. The summed E-state index contributed by atoms with van der Waals surface area (Å²) in [4.78, 5) is 0. The van der Waals surface area contributed by atoms with Gasteiger partial charge in [0.05, 0.1) is 11.9 Å². The summed E-state index contributed by atoms with van der Waals surface area (Å²) in [6.45, 7) is 4.31. The van der Waals surface area contributed by atoms with E-state index >= 15 is 0 Å². The minimum absolute atomic E-state index is 0.280. The van der Waals surface area contributed by atoms with E-state index in [0.29, 0.717) is 11.5 Å². The predicted octanol–water partition coefficient (Wildman–Crippen LogP) is 3.07. The van der Waals surface area contributed by atoms with Crippen LogP contribution in [0.2, 0.25) is 0 Å². The van der Waals surface area contributed by atoms with Crippen molar-refractivity contribution in [2.75, 3.05) is 0 Å². The van der Waals surface area contributed by atoms with E-state index < -0.39 is 5.23 Å². The van der Waals surface area contributed by atoms with Crippen molar-refractivity contribution in [1.82, 2.24) is 9.78 Å². The molecule has 3 aromatic rings. The number of rotatable bonds is 4. The Morgan fingerprint density at radius 3 is 2.43 bits per heavy atom. The molecule has 23 heavy (non-hydrogen) atoms. The van der Waals surface area contributed by atoms with E-state index in [1.165, 1.54) is 5.56 Å². The Kier molecular flexibility index (Phi) is 4.25. The number of aromatic nitrogens is 2. The number of hydrogen-bond acceptors (Lipinski definition) is 3. The van der Waals surface area contributed by atoms with Gasteiger partial charge < -0.3 is 5.21 Å². The van der Waals surface area contributed by atoms with Gasteiger partial charge in [-0.05, 0) is 29.7 Å². The Morgan fingerprint density at radius 1 is 1.09 bits per heavy atom. The largest absolute Gasteiger partial charge is 0.595 e. The van der Waals surface area contributed by atoms with Crippen molar-refractivity contribution < 1.29 is 10.4 Å². The van der Waals surface area contributed by atoms with Crippen LogP contribution in [-0.4, -0.2) is 15.0 Å². The standard InChI is InChI=1S/C18H19N3O2/c1-13(2)14-7-9-16(10-8-14)20-12-15(11-19-20)17-5-3-4-6-18(17)21(22)23/h3-13,21-22H,1-2H3. The zero-order valence-corrected chi connectivity index (χ0v) is 13.1. The van der Waals surface area contributed by atoms with Gasteiger partial charge in [-0.2, -0.15) is 10.3 Å². The Balaban J connectivity index is 1.95. The second-order valence-corrected chi connectivity index (χ2v) is 5.77. The SMILES string of the molecule is CC(C)c1ccc(-n2cc(-c3ccccc3[NH+]([O-])O)cn2)cc1. The van der Waals surface area contributed by atoms with E-state index in [1.54, 1.807) is 29.1 Å². The van der Waals surface area contributed by atoms with Crippen molar-refractivity contribution in [2.45, 2.75) is 19.8 Å². The van der Waals surface area contributed by atoms with Crippen LogP contribution in [0.15, 0.2) is 60.9 Å². The van der Waals surface area contributed by atoms with Crippen molar-refractivity contribution in [2.24, 2.45) is 0 Å². The minimum atomic E-state index is -0.936. The molecule has 1 unspecified atom stereocenters. The molecule has 0 fully saturated rings. The molecule has 0 bridgehead atoms. The molecule has 0 saturated heterocycles. The number of para-hydroxylation sites is 1. The highest BCUT2D eigenvalue weighted by molar-refractivity contribution is 5.72. The number of benzene rings is 2. The van der Waals surface area contributed by atoms with Crippen molar-refractivity contribution >= 4 is 5.69 Å². The highest BCUT2D eigenvalue weighted by atomic mass is 16.8. The Hall–Kier alpha value is -2.47. The van der Waals surface area contributed by atoms with E-state index in [1.807, 2.05) is 24.4 Å². The fraction of sp³-hybridized carbons (Fsp3) is 0.167. The van der Waals surface area contributed by atoms with Crippen LogP contribution in [0.5, 0.6) is 0 Å². The Labute approximate surface area is 135 Å². The number of nitrogens with one attached hydrogen (secondary N) is 1. The van der Waals surface area contributed by atoms with Gasteiger partial charge in [0, 0.05) is 23.4 Å². The van der Waals surface area contributed by atoms with Crippen molar-refractivity contribution in [3.8, 4) is 16.8 Å². The molecular weight excluding hydrogens is 290 g/mol. The molecular formula is C18H19N3O2. The third-order valence-electron chi connectivity index (χ3n) is 3.88. The van der Waals surface area contributed by atoms with E-state index in [0.717, 1.165) is 11.3 Å². The third-order valence-corrected chi connectivity index (χ3v) is 3.88. The summed E-state index contributed by atoms with van der Waals surface area (Å²) >= 11 is 0. The van der Waals surface area contributed by atoms with Gasteiger partial charge in [-0.15, -0.1) is 0 Å². The fourth-order valence-electron chi connectivity index (χ4n) is 2.54. The Morgan fingerprint density at radius 2 is 1.78 bits per heavy atom. The van der Waals surface area contributed by atoms with E-state index in [2.05, 4.69) is 31.1 Å². The van der Waals surface area contributed by atoms with Gasteiger partial charge in [0.25, 0.3) is 0 Å². The summed E-state index contributed by atoms with van der Waals surface area (Å²) in [5.41, 5.74) is 3.97. The highest BCUT2D eigenvalue weighted by Crippen LogP contribution is 2.26. The second kappa shape index (κ2) is 6.34. The normalized spacial score (nSPS) is 12.6. The molecule has 5 heteroatoms. The maximum atomic E-state index is 11.3. The molecule has 0 aliphatic carbocycles. The van der Waals surface area contributed by atoms with Crippen molar-refractivity contribution in [3.63, 3.8) is 0 Å². The van der Waals surface area contributed by atoms with Crippen LogP contribution in [0.25, 0.3) is 16.8 Å². The predicted molar refractivity (Wildman–Crippen MR) is 88.9 cm³/mol. The van der Waals surface area contributed by atoms with Crippen LogP contribution in [0, 0.1) is 5.21 Å². The molecule has 0 aliphatic heterocycles. The molecule has 1 heterocycles. The first kappa shape index (κ1) is 15.4. The number of quaternary nitrogens is 1. The molecule has 3 rings (SSSR count). The number of hydrogen-bond donors (Lipinski definition) is 2. The summed E-state index contributed by atoms with van der Waals surface area (Å²) in [5.74, 6) is 0.486. The fourth-order valence-corrected chi connectivity index (χ4v) is 2.54. The van der Waals surface area contributed by atoms with Gasteiger partial charge in [0.2, 0.25) is 0 Å². The van der Waals surface area contributed by atoms with Gasteiger partial charge in [-0.3, -0.25) is 0 Å². The summed E-state index contributed by atoms with van der Waals surface area (Å²) in [5, 5.41) is 24.1. The molecule has 118 valence electrons. The number of nitrogens with zero attached hydrogens (tertiary/aromatic N) is 2. The van der Waals surface area contributed by atoms with Crippen molar-refractivity contribution in [3.05, 3.63) is 71.7 Å². The maximum absolute atomic E-state index is 11.3. The lowest BCUT2D eigenvalue weighted by Gasteiger charge is -2.14. The molecule has 0 aliphatic rings. The average molecular weight is 309 g/mol. The molecule has 5 nitrogen and oxygen atoms in total. The van der Waals surface area contributed by atoms with Crippen LogP contribution in [0.4, 0.5) is 5.69 Å². The first-order valence-corrected chi connectivity index (χ1v) is 7.54. The topological polar surface area (TPSA) is 65.5 Å². The van der Waals surface area contributed by atoms with Crippen LogP contribution >= 0.6 is 0 Å². The molecule has 1 atom stereocenters. The first-order valence-electron chi connectivity index (χ1n) is 7.54. The zero-order chi connectivity index (χ0) is 16.4. The summed E-state index contributed by atoms with van der Waals surface area (Å²) in [6, 6.07) is 15.2. The summed E-state index contributed by atoms with van der Waals surface area (Å²) < 4.78 is 1.76. The molecule has 0 radical (unpaired) electrons. The zero-order valence-electron chi connectivity index (χ0n) is 13.1. The molecule has 2 aromatic carbocycles. The minimum Gasteiger partial charge on any atom is -0.595 e. The lowest BCUT2D eigenvalue weighted by molar-refractivity contribution is -0.991. The summed E-state index contributed by atoms with van der Waals surface area (Å²) in [6.07, 6.45) is 3.55. The monoisotopic (exact) mass is 309 g/mol. The molecule has 0 spiro atoms. The maximum Gasteiger partial charge on any atom is 0.171 e. The molecule has 0 saturated carbocycles. The second-order valence-electron chi connectivity index (χ2n) is 5.77. The van der Waals surface area contributed by atoms with Crippen LogP contribution < -0.4 is 5.23 Å². The summed E-state index contributed by atoms with van der Waals surface area (Å²) in [7, 11) is 0. The van der Waals surface area contributed by atoms with Crippen molar-refractivity contribution in [1.29, 1.82) is 0 Å². The lowest BCUT2D eigenvalue weighted by atomic mass is 10.0.